The molecule has 3 N–H and O–H groups in total. The van der Waals surface area contributed by atoms with Crippen molar-refractivity contribution in [2.75, 3.05) is 19.4 Å². The molecule has 1 rings (SSSR count). The maximum atomic E-state index is 12.7. The Morgan fingerprint density at radius 3 is 2.45 bits per heavy atom. The number of nitrogen functional groups attached to an aromatic ring is 1. The van der Waals surface area contributed by atoms with Crippen molar-refractivity contribution in [1.29, 1.82) is 0 Å². The van der Waals surface area contributed by atoms with Gasteiger partial charge in [-0.3, -0.25) is 0 Å². The molecule has 0 aliphatic rings. The molecule has 0 atom stereocenters. The van der Waals surface area contributed by atoms with Gasteiger partial charge in [-0.15, -0.1) is 0 Å². The number of anilines is 1. The zero-order valence-corrected chi connectivity index (χ0v) is 11.1. The lowest BCUT2D eigenvalue weighted by atomic mass is 10.3. The Morgan fingerprint density at radius 2 is 2.00 bits per heavy atom. The highest BCUT2D eigenvalue weighted by Crippen LogP contribution is 2.25. The Hall–Kier alpha value is -1.55. The van der Waals surface area contributed by atoms with Gasteiger partial charge in [-0.1, -0.05) is 0 Å². The summed E-state index contributed by atoms with van der Waals surface area (Å²) >= 11 is 0. The van der Waals surface area contributed by atoms with Crippen LogP contribution in [0.1, 0.15) is 0 Å². The quantitative estimate of drug-likeness (QED) is 0.615. The van der Waals surface area contributed by atoms with Crippen molar-refractivity contribution in [3.8, 4) is 5.75 Å². The molecule has 0 radical (unpaired) electrons. The summed E-state index contributed by atoms with van der Waals surface area (Å²) in [5, 5.41) is 0. The Balaban J connectivity index is 2.95. The van der Waals surface area contributed by atoms with Crippen LogP contribution in [0, 0.1) is 0 Å². The number of alkyl halides is 4. The molecule has 10 heteroatoms. The summed E-state index contributed by atoms with van der Waals surface area (Å²) in [6.07, 6.45) is -3.97. The highest BCUT2D eigenvalue weighted by molar-refractivity contribution is 7.89. The van der Waals surface area contributed by atoms with Gasteiger partial charge in [0.1, 0.15) is 10.6 Å². The minimum absolute atomic E-state index is 0.253. The fourth-order valence-corrected chi connectivity index (χ4v) is 2.40. The van der Waals surface area contributed by atoms with Crippen molar-refractivity contribution < 1.29 is 30.7 Å². The molecule has 0 fully saturated rings. The van der Waals surface area contributed by atoms with Crippen LogP contribution >= 0.6 is 0 Å². The Bertz CT molecular complexity index is 578. The number of nitrogens with one attached hydrogen (secondary N) is 1. The number of rotatable bonds is 6. The van der Waals surface area contributed by atoms with Crippen molar-refractivity contribution in [2.45, 2.75) is 17.2 Å². The van der Waals surface area contributed by atoms with Crippen molar-refractivity contribution >= 4 is 15.7 Å². The molecule has 0 aliphatic carbocycles. The van der Waals surface area contributed by atoms with Gasteiger partial charge in [0.2, 0.25) is 10.0 Å². The molecule has 5 nitrogen and oxygen atoms in total. The largest absolute Gasteiger partial charge is 0.497 e. The number of nitrogens with two attached hydrogens (primary N) is 1. The van der Waals surface area contributed by atoms with E-state index in [-0.39, 0.29) is 11.4 Å². The molecule has 0 aromatic heterocycles. The van der Waals surface area contributed by atoms with Gasteiger partial charge in [-0.05, 0) is 12.1 Å². The average molecular weight is 316 g/mol. The minimum Gasteiger partial charge on any atom is -0.497 e. The second kappa shape index (κ2) is 5.83. The normalized spacial score (nSPS) is 12.7. The number of halogens is 4. The molecule has 0 aliphatic heterocycles. The predicted molar refractivity (Wildman–Crippen MR) is 63.5 cm³/mol. The molecule has 0 heterocycles. The van der Waals surface area contributed by atoms with Crippen LogP contribution in [0.15, 0.2) is 23.1 Å². The lowest BCUT2D eigenvalue weighted by Crippen LogP contribution is -2.41. The standard InChI is InChI=1S/C10H12F4N2O3S/c1-19-6-2-3-8(7(15)4-6)20(17,18)16-5-10(13,14)9(11)12/h2-4,9,16H,5,15H2,1H3. The molecular formula is C10H12F4N2O3S. The van der Waals surface area contributed by atoms with E-state index in [4.69, 9.17) is 10.5 Å². The molecule has 0 bridgehead atoms. The minimum atomic E-state index is -4.46. The molecule has 20 heavy (non-hydrogen) atoms. The van der Waals surface area contributed by atoms with E-state index in [0.29, 0.717) is 0 Å². The van der Waals surface area contributed by atoms with Gasteiger partial charge in [-0.25, -0.2) is 21.9 Å². The predicted octanol–water partition coefficient (Wildman–Crippen LogP) is 1.46. The summed E-state index contributed by atoms with van der Waals surface area (Å²) in [5.74, 6) is -4.20. The van der Waals surface area contributed by atoms with E-state index >= 15 is 0 Å². The maximum Gasteiger partial charge on any atom is 0.320 e. The van der Waals surface area contributed by atoms with Gasteiger partial charge < -0.3 is 10.5 Å². The van der Waals surface area contributed by atoms with Crippen molar-refractivity contribution in [2.24, 2.45) is 0 Å². The zero-order chi connectivity index (χ0) is 15.6. The van der Waals surface area contributed by atoms with Gasteiger partial charge in [-0.2, -0.15) is 8.78 Å². The topological polar surface area (TPSA) is 81.4 Å². The average Bonchev–Trinajstić information content (AvgIpc) is 2.36. The van der Waals surface area contributed by atoms with Crippen LogP contribution in [-0.2, 0) is 10.0 Å². The number of ether oxygens (including phenoxy) is 1. The van der Waals surface area contributed by atoms with Crippen LogP contribution in [0.4, 0.5) is 23.2 Å². The monoisotopic (exact) mass is 316 g/mol. The first kappa shape index (κ1) is 16.5. The summed E-state index contributed by atoms with van der Waals surface area (Å²) in [6, 6.07) is 3.44. The number of methoxy groups -OCH3 is 1. The highest BCUT2D eigenvalue weighted by atomic mass is 32.2. The van der Waals surface area contributed by atoms with Crippen molar-refractivity contribution in [3.05, 3.63) is 18.2 Å². The second-order valence-electron chi connectivity index (χ2n) is 3.79. The number of benzene rings is 1. The number of hydrogen-bond acceptors (Lipinski definition) is 4. The summed E-state index contributed by atoms with van der Waals surface area (Å²) < 4.78 is 78.9. The molecule has 1 aromatic rings. The van der Waals surface area contributed by atoms with Gasteiger partial charge in [0.15, 0.2) is 0 Å². The fraction of sp³-hybridized carbons (Fsp3) is 0.400. The first-order chi connectivity index (χ1) is 9.10. The maximum absolute atomic E-state index is 12.7. The number of hydrogen-bond donors (Lipinski definition) is 2. The summed E-state index contributed by atoms with van der Waals surface area (Å²) in [5.41, 5.74) is 5.19. The molecule has 0 saturated carbocycles. The summed E-state index contributed by atoms with van der Waals surface area (Å²) in [7, 11) is -3.10. The zero-order valence-electron chi connectivity index (χ0n) is 10.2. The molecule has 0 saturated heterocycles. The molecular weight excluding hydrogens is 304 g/mol. The van der Waals surface area contributed by atoms with Crippen LogP contribution in [0.3, 0.4) is 0 Å². The fourth-order valence-electron chi connectivity index (χ4n) is 1.24. The summed E-state index contributed by atoms with van der Waals surface area (Å²) in [4.78, 5) is -0.497. The molecule has 0 spiro atoms. The third kappa shape index (κ3) is 3.73. The molecule has 114 valence electrons. The van der Waals surface area contributed by atoms with Gasteiger partial charge in [0.25, 0.3) is 0 Å². The molecule has 1 aromatic carbocycles. The third-order valence-corrected chi connectivity index (χ3v) is 3.80. The summed E-state index contributed by atoms with van der Waals surface area (Å²) in [6.45, 7) is -1.72. The van der Waals surface area contributed by atoms with E-state index in [0.717, 1.165) is 6.07 Å². The van der Waals surface area contributed by atoms with E-state index in [9.17, 15) is 26.0 Å². The van der Waals surface area contributed by atoms with Gasteiger partial charge >= 0.3 is 12.3 Å². The van der Waals surface area contributed by atoms with Crippen molar-refractivity contribution in [1.82, 2.24) is 4.72 Å². The van der Waals surface area contributed by atoms with Crippen LogP contribution in [0.25, 0.3) is 0 Å². The van der Waals surface area contributed by atoms with E-state index < -0.39 is 33.8 Å². The number of sulfonamides is 1. The van der Waals surface area contributed by atoms with Crippen LogP contribution in [-0.4, -0.2) is 34.4 Å². The van der Waals surface area contributed by atoms with E-state index in [1.54, 1.807) is 0 Å². The van der Waals surface area contributed by atoms with Crippen LogP contribution < -0.4 is 15.2 Å². The Labute approximate surface area is 112 Å². The third-order valence-electron chi connectivity index (χ3n) is 2.32. The van der Waals surface area contributed by atoms with Gasteiger partial charge in [0.05, 0.1) is 19.3 Å². The lowest BCUT2D eigenvalue weighted by Gasteiger charge is -2.16. The van der Waals surface area contributed by atoms with Crippen LogP contribution in [0.5, 0.6) is 5.75 Å². The van der Waals surface area contributed by atoms with E-state index in [2.05, 4.69) is 0 Å². The van der Waals surface area contributed by atoms with E-state index in [1.165, 1.54) is 24.0 Å². The highest BCUT2D eigenvalue weighted by Gasteiger charge is 2.41. The Morgan fingerprint density at radius 1 is 1.40 bits per heavy atom. The Kier molecular flexibility index (Phi) is 4.81. The first-order valence-corrected chi connectivity index (χ1v) is 6.67. The first-order valence-electron chi connectivity index (χ1n) is 5.19. The van der Waals surface area contributed by atoms with Gasteiger partial charge in [0, 0.05) is 6.07 Å². The smallest absolute Gasteiger partial charge is 0.320 e. The molecule has 0 unspecified atom stereocenters. The second-order valence-corrected chi connectivity index (χ2v) is 5.53. The van der Waals surface area contributed by atoms with Crippen LogP contribution in [0.2, 0.25) is 0 Å². The molecule has 0 amide bonds. The van der Waals surface area contributed by atoms with E-state index in [1.807, 2.05) is 0 Å². The van der Waals surface area contributed by atoms with Crippen molar-refractivity contribution in [3.63, 3.8) is 0 Å². The SMILES string of the molecule is COc1ccc(S(=O)(=O)NCC(F)(F)C(F)F)c(N)c1. The lowest BCUT2D eigenvalue weighted by molar-refractivity contribution is -0.122.